The van der Waals surface area contributed by atoms with E-state index in [9.17, 15) is 9.59 Å². The van der Waals surface area contributed by atoms with Crippen molar-refractivity contribution in [1.82, 2.24) is 9.80 Å². The minimum atomic E-state index is -0.371. The lowest BCUT2D eigenvalue weighted by atomic mass is 9.93. The number of amides is 2. The molecule has 0 bridgehead atoms. The van der Waals surface area contributed by atoms with Crippen LogP contribution in [0.3, 0.4) is 0 Å². The predicted molar refractivity (Wildman–Crippen MR) is 144 cm³/mol. The number of rotatable bonds is 7. The van der Waals surface area contributed by atoms with Crippen LogP contribution in [0.2, 0.25) is 10.0 Å². The van der Waals surface area contributed by atoms with Gasteiger partial charge in [-0.1, -0.05) is 35.3 Å². The van der Waals surface area contributed by atoms with Crippen molar-refractivity contribution in [2.75, 3.05) is 20.2 Å². The molecule has 0 radical (unpaired) electrons. The van der Waals surface area contributed by atoms with Crippen molar-refractivity contribution in [2.45, 2.75) is 19.0 Å². The number of fused-ring (bicyclic) bond motifs is 1. The van der Waals surface area contributed by atoms with Gasteiger partial charge in [-0.05, 0) is 71.5 Å². The molecule has 9 heteroatoms. The van der Waals surface area contributed by atoms with Crippen molar-refractivity contribution >= 4 is 46.4 Å². The number of furan rings is 1. The molecule has 0 unspecified atom stereocenters. The highest BCUT2D eigenvalue weighted by Gasteiger charge is 2.35. The standard InChI is InChI=1S/C28H24Cl2N2O4S/c1-35-20-5-2-4-18(14-20)28(34)31(16-21-6-3-12-36-21)17-26(33)32-11-9-25-23(10-13-37-25)27(32)22-8-7-19(29)15-24(22)30/h2-8,10,12-15,27H,9,11,16-17H2,1H3/t27-/m1/s1. The van der Waals surface area contributed by atoms with Gasteiger partial charge in [-0.2, -0.15) is 0 Å². The SMILES string of the molecule is COc1cccc(C(=O)N(CC(=O)N2CCc3sccc3[C@H]2c2ccc(Cl)cc2Cl)Cc2ccco2)c1. The van der Waals surface area contributed by atoms with Gasteiger partial charge >= 0.3 is 0 Å². The molecule has 0 fully saturated rings. The summed E-state index contributed by atoms with van der Waals surface area (Å²) in [6, 6.07) is 17.4. The minimum absolute atomic E-state index is 0.127. The fraction of sp³-hybridized carbons (Fsp3) is 0.214. The van der Waals surface area contributed by atoms with Gasteiger partial charge in [0.2, 0.25) is 5.91 Å². The Morgan fingerprint density at radius 2 is 1.97 bits per heavy atom. The maximum Gasteiger partial charge on any atom is 0.254 e. The molecule has 1 aliphatic heterocycles. The number of thiophene rings is 1. The Balaban J connectivity index is 1.47. The van der Waals surface area contributed by atoms with E-state index in [4.69, 9.17) is 32.4 Å². The lowest BCUT2D eigenvalue weighted by molar-refractivity contribution is -0.134. The van der Waals surface area contributed by atoms with Gasteiger partial charge in [-0.25, -0.2) is 0 Å². The summed E-state index contributed by atoms with van der Waals surface area (Å²) in [7, 11) is 1.55. The van der Waals surface area contributed by atoms with E-state index in [0.717, 1.165) is 17.5 Å². The topological polar surface area (TPSA) is 63.0 Å². The first-order chi connectivity index (χ1) is 17.9. The van der Waals surface area contributed by atoms with Gasteiger partial charge < -0.3 is 19.0 Å². The van der Waals surface area contributed by atoms with Crippen LogP contribution in [0.25, 0.3) is 0 Å². The summed E-state index contributed by atoms with van der Waals surface area (Å²) < 4.78 is 10.8. The normalized spacial score (nSPS) is 14.8. The molecule has 3 heterocycles. The second-order valence-corrected chi connectivity index (χ2v) is 10.5. The van der Waals surface area contributed by atoms with Gasteiger partial charge in [0, 0.05) is 27.0 Å². The molecule has 190 valence electrons. The summed E-state index contributed by atoms with van der Waals surface area (Å²) in [4.78, 5) is 32.0. The molecule has 0 saturated carbocycles. The molecule has 1 aliphatic rings. The van der Waals surface area contributed by atoms with E-state index in [1.807, 2.05) is 17.5 Å². The van der Waals surface area contributed by atoms with Crippen LogP contribution in [0.4, 0.5) is 0 Å². The molecule has 2 aromatic heterocycles. The van der Waals surface area contributed by atoms with E-state index >= 15 is 0 Å². The van der Waals surface area contributed by atoms with E-state index in [2.05, 4.69) is 0 Å². The molecule has 0 N–H and O–H groups in total. The number of hydrogen-bond donors (Lipinski definition) is 0. The fourth-order valence-corrected chi connectivity index (χ4v) is 6.04. The van der Waals surface area contributed by atoms with Crippen LogP contribution in [0.15, 0.2) is 76.7 Å². The number of halogens is 2. The number of methoxy groups -OCH3 is 1. The van der Waals surface area contributed by atoms with E-state index < -0.39 is 0 Å². The van der Waals surface area contributed by atoms with Gasteiger partial charge in [-0.15, -0.1) is 11.3 Å². The molecule has 0 saturated heterocycles. The summed E-state index contributed by atoms with van der Waals surface area (Å²) in [5.41, 5.74) is 2.27. The first-order valence-corrected chi connectivity index (χ1v) is 13.3. The van der Waals surface area contributed by atoms with Crippen LogP contribution >= 0.6 is 34.5 Å². The molecule has 1 atom stereocenters. The third-order valence-corrected chi connectivity index (χ3v) is 7.96. The summed E-state index contributed by atoms with van der Waals surface area (Å²) in [5, 5.41) is 3.06. The van der Waals surface area contributed by atoms with Crippen LogP contribution in [-0.2, 0) is 17.8 Å². The van der Waals surface area contributed by atoms with Gasteiger partial charge in [0.1, 0.15) is 18.1 Å². The zero-order valence-corrected chi connectivity index (χ0v) is 22.4. The molecule has 2 aromatic carbocycles. The van der Waals surface area contributed by atoms with Gasteiger partial charge in [0.25, 0.3) is 5.91 Å². The van der Waals surface area contributed by atoms with Crippen LogP contribution < -0.4 is 4.74 Å². The van der Waals surface area contributed by atoms with Crippen LogP contribution in [-0.4, -0.2) is 41.8 Å². The zero-order chi connectivity index (χ0) is 25.9. The Labute approximate surface area is 229 Å². The first kappa shape index (κ1) is 25.4. The third kappa shape index (κ3) is 5.39. The van der Waals surface area contributed by atoms with Crippen molar-refractivity contribution in [2.24, 2.45) is 0 Å². The lowest BCUT2D eigenvalue weighted by Gasteiger charge is -2.38. The van der Waals surface area contributed by atoms with Crippen molar-refractivity contribution in [3.8, 4) is 5.75 Å². The average molecular weight is 555 g/mol. The van der Waals surface area contributed by atoms with Crippen LogP contribution in [0.5, 0.6) is 5.75 Å². The van der Waals surface area contributed by atoms with E-state index in [-0.39, 0.29) is 30.9 Å². The molecule has 0 spiro atoms. The monoisotopic (exact) mass is 554 g/mol. The Hall–Kier alpha value is -3.26. The molecule has 4 aromatic rings. The minimum Gasteiger partial charge on any atom is -0.497 e. The summed E-state index contributed by atoms with van der Waals surface area (Å²) in [5.74, 6) is 0.669. The number of ether oxygens (including phenoxy) is 1. The van der Waals surface area contributed by atoms with Crippen molar-refractivity contribution in [3.63, 3.8) is 0 Å². The molecular formula is C28H24Cl2N2O4S. The molecular weight excluding hydrogens is 531 g/mol. The molecule has 2 amide bonds. The predicted octanol–water partition coefficient (Wildman–Crippen LogP) is 6.47. The highest BCUT2D eigenvalue weighted by Crippen LogP contribution is 2.41. The third-order valence-electron chi connectivity index (χ3n) is 6.40. The van der Waals surface area contributed by atoms with Crippen molar-refractivity contribution in [3.05, 3.63) is 110 Å². The first-order valence-electron chi connectivity index (χ1n) is 11.7. The zero-order valence-electron chi connectivity index (χ0n) is 20.0. The van der Waals surface area contributed by atoms with E-state index in [1.54, 1.807) is 78.1 Å². The number of carbonyl (C=O) groups excluding carboxylic acids is 2. The van der Waals surface area contributed by atoms with Crippen LogP contribution in [0, 0.1) is 0 Å². The second-order valence-electron chi connectivity index (χ2n) is 8.68. The Morgan fingerprint density at radius 1 is 1.11 bits per heavy atom. The fourth-order valence-electron chi connectivity index (χ4n) is 4.63. The quantitative estimate of drug-likeness (QED) is 0.262. The highest BCUT2D eigenvalue weighted by atomic mass is 35.5. The molecule has 6 nitrogen and oxygen atoms in total. The summed E-state index contributed by atoms with van der Waals surface area (Å²) >= 11 is 14.5. The second kappa shape index (κ2) is 11.0. The van der Waals surface area contributed by atoms with Gasteiger partial charge in [-0.3, -0.25) is 9.59 Å². The van der Waals surface area contributed by atoms with Crippen LogP contribution in [0.1, 0.15) is 38.2 Å². The largest absolute Gasteiger partial charge is 0.497 e. The number of nitrogens with zero attached hydrogens (tertiary/aromatic N) is 2. The van der Waals surface area contributed by atoms with Gasteiger partial charge in [0.05, 0.1) is 26.0 Å². The highest BCUT2D eigenvalue weighted by molar-refractivity contribution is 7.10. The summed E-state index contributed by atoms with van der Waals surface area (Å²) in [6.45, 7) is 0.536. The molecule has 0 aliphatic carbocycles. The Bertz CT molecular complexity index is 1420. The van der Waals surface area contributed by atoms with Gasteiger partial charge in [0.15, 0.2) is 0 Å². The maximum atomic E-state index is 13.9. The Morgan fingerprint density at radius 3 is 2.73 bits per heavy atom. The maximum absolute atomic E-state index is 13.9. The van der Waals surface area contributed by atoms with Crippen molar-refractivity contribution < 1.29 is 18.7 Å². The Kier molecular flexibility index (Phi) is 7.55. The van der Waals surface area contributed by atoms with E-state index in [0.29, 0.717) is 33.7 Å². The lowest BCUT2D eigenvalue weighted by Crippen LogP contribution is -2.46. The van der Waals surface area contributed by atoms with Crippen molar-refractivity contribution in [1.29, 1.82) is 0 Å². The van der Waals surface area contributed by atoms with E-state index in [1.165, 1.54) is 9.78 Å². The summed E-state index contributed by atoms with van der Waals surface area (Å²) in [6.07, 6.45) is 2.29. The average Bonchev–Trinajstić information content (AvgIpc) is 3.60. The number of hydrogen-bond acceptors (Lipinski definition) is 5. The molecule has 5 rings (SSSR count). The smallest absolute Gasteiger partial charge is 0.254 e. The number of carbonyl (C=O) groups is 2. The number of benzene rings is 2. The molecule has 37 heavy (non-hydrogen) atoms.